The molecule has 0 amide bonds. The zero-order chi connectivity index (χ0) is 19.4. The number of aryl methyl sites for hydroxylation is 1. The molecule has 1 spiro atoms. The Labute approximate surface area is 161 Å². The second-order valence-electron chi connectivity index (χ2n) is 8.23. The molecule has 2 aliphatic rings. The van der Waals surface area contributed by atoms with Crippen LogP contribution in [0, 0.1) is 12.3 Å². The maximum atomic E-state index is 12.7. The smallest absolute Gasteiger partial charge is 0.324 e. The topological polar surface area (TPSA) is 77.5 Å². The van der Waals surface area contributed by atoms with E-state index in [0.29, 0.717) is 17.2 Å². The van der Waals surface area contributed by atoms with Crippen LogP contribution in [0.5, 0.6) is 0 Å². The van der Waals surface area contributed by atoms with Crippen LogP contribution in [0.2, 0.25) is 0 Å². The number of benzene rings is 1. The Hall–Kier alpha value is -2.41. The van der Waals surface area contributed by atoms with Crippen LogP contribution in [0.3, 0.4) is 0 Å². The van der Waals surface area contributed by atoms with Gasteiger partial charge in [0, 0.05) is 23.9 Å². The molecule has 2 saturated heterocycles. The summed E-state index contributed by atoms with van der Waals surface area (Å²) in [6, 6.07) is 8.01. The predicted molar refractivity (Wildman–Crippen MR) is 102 cm³/mol. The van der Waals surface area contributed by atoms with Crippen LogP contribution in [-0.4, -0.2) is 22.5 Å². The highest BCUT2D eigenvalue weighted by Crippen LogP contribution is 2.54. The van der Waals surface area contributed by atoms with Crippen molar-refractivity contribution in [2.75, 3.05) is 5.32 Å². The fourth-order valence-electron chi connectivity index (χ4n) is 3.94. The van der Waals surface area contributed by atoms with E-state index in [9.17, 15) is 9.59 Å². The number of aromatic nitrogens is 1. The Balaban J connectivity index is 1.57. The molecule has 0 aliphatic carbocycles. The van der Waals surface area contributed by atoms with Crippen molar-refractivity contribution in [2.24, 2.45) is 5.41 Å². The van der Waals surface area contributed by atoms with Gasteiger partial charge in [-0.15, -0.1) is 11.3 Å². The molecule has 2 aromatic rings. The largest absolute Gasteiger partial charge is 0.459 e. The Morgan fingerprint density at radius 3 is 2.33 bits per heavy atom. The fourth-order valence-corrected chi connectivity index (χ4v) is 4.79. The van der Waals surface area contributed by atoms with E-state index in [-0.39, 0.29) is 6.42 Å². The first kappa shape index (κ1) is 18.0. The van der Waals surface area contributed by atoms with Crippen molar-refractivity contribution in [1.29, 1.82) is 0 Å². The number of thiazole rings is 1. The molecule has 1 N–H and O–H groups in total. The monoisotopic (exact) mass is 386 g/mol. The van der Waals surface area contributed by atoms with Gasteiger partial charge in [0.2, 0.25) is 0 Å². The number of rotatable bonds is 3. The summed E-state index contributed by atoms with van der Waals surface area (Å²) in [7, 11) is 0. The normalized spacial score (nSPS) is 29.0. The lowest BCUT2D eigenvalue weighted by Gasteiger charge is -2.20. The number of cyclic esters (lactones) is 2. The van der Waals surface area contributed by atoms with Crippen molar-refractivity contribution in [1.82, 2.24) is 4.98 Å². The lowest BCUT2D eigenvalue weighted by Crippen LogP contribution is -2.32. The van der Waals surface area contributed by atoms with E-state index < -0.39 is 28.6 Å². The molecular formula is C20H22N2O4S. The zero-order valence-electron chi connectivity index (χ0n) is 15.8. The zero-order valence-corrected chi connectivity index (χ0v) is 16.6. The summed E-state index contributed by atoms with van der Waals surface area (Å²) in [5.41, 5.74) is -0.0752. The van der Waals surface area contributed by atoms with Crippen LogP contribution in [0.1, 0.15) is 44.9 Å². The lowest BCUT2D eigenvalue weighted by atomic mass is 9.75. The third-order valence-corrected chi connectivity index (χ3v) is 5.94. The highest BCUT2D eigenvalue weighted by Gasteiger charge is 2.67. The molecule has 142 valence electrons. The minimum Gasteiger partial charge on any atom is -0.459 e. The highest BCUT2D eigenvalue weighted by molar-refractivity contribution is 7.13. The van der Waals surface area contributed by atoms with E-state index in [1.807, 2.05) is 57.3 Å². The summed E-state index contributed by atoms with van der Waals surface area (Å²) in [4.78, 5) is 29.7. The molecule has 0 saturated carbocycles. The Morgan fingerprint density at radius 1 is 1.04 bits per heavy atom. The van der Waals surface area contributed by atoms with Gasteiger partial charge in [0.15, 0.2) is 16.1 Å². The maximum Gasteiger partial charge on any atom is 0.324 e. The van der Waals surface area contributed by atoms with Crippen LogP contribution in [0.15, 0.2) is 29.6 Å². The van der Waals surface area contributed by atoms with Crippen molar-refractivity contribution >= 4 is 34.1 Å². The molecule has 2 atom stereocenters. The number of ether oxygens (including phenoxy) is 2. The van der Waals surface area contributed by atoms with Crippen molar-refractivity contribution < 1.29 is 19.1 Å². The van der Waals surface area contributed by atoms with Crippen molar-refractivity contribution in [3.05, 3.63) is 40.9 Å². The molecule has 0 radical (unpaired) electrons. The molecule has 3 heterocycles. The average Bonchev–Trinajstić information content (AvgIpc) is 3.19. The lowest BCUT2D eigenvalue weighted by molar-refractivity contribution is -0.161. The minimum absolute atomic E-state index is 0.245. The first-order valence-corrected chi connectivity index (χ1v) is 9.77. The molecule has 1 aromatic carbocycles. The van der Waals surface area contributed by atoms with Crippen LogP contribution >= 0.6 is 11.3 Å². The first-order valence-electron chi connectivity index (χ1n) is 8.89. The fraction of sp³-hybridized carbons (Fsp3) is 0.450. The molecule has 1 aromatic heterocycles. The van der Waals surface area contributed by atoms with Crippen molar-refractivity contribution in [3.8, 4) is 0 Å². The summed E-state index contributed by atoms with van der Waals surface area (Å²) in [5.74, 6) is -1.00. The minimum atomic E-state index is -1.23. The van der Waals surface area contributed by atoms with E-state index in [2.05, 4.69) is 10.3 Å². The maximum absolute atomic E-state index is 12.7. The number of nitrogens with one attached hydrogen (secondary N) is 1. The summed E-state index contributed by atoms with van der Waals surface area (Å²) in [6.07, 6.45) is 0.570. The molecule has 6 nitrogen and oxygen atoms in total. The number of carbonyl (C=O) groups is 2. The van der Waals surface area contributed by atoms with Gasteiger partial charge in [0.25, 0.3) is 0 Å². The molecule has 2 fully saturated rings. The molecular weight excluding hydrogens is 364 g/mol. The first-order chi connectivity index (χ1) is 12.6. The van der Waals surface area contributed by atoms with Gasteiger partial charge in [-0.2, -0.15) is 0 Å². The number of anilines is 2. The number of esters is 2. The molecule has 0 unspecified atom stereocenters. The number of carbonyl (C=O) groups excluding carboxylic acids is 2. The third kappa shape index (κ3) is 3.00. The molecule has 27 heavy (non-hydrogen) atoms. The molecule has 0 bridgehead atoms. The van der Waals surface area contributed by atoms with E-state index in [1.54, 1.807) is 0 Å². The molecule has 4 rings (SSSR count). The van der Waals surface area contributed by atoms with Gasteiger partial charge in [0.1, 0.15) is 5.60 Å². The summed E-state index contributed by atoms with van der Waals surface area (Å²) in [6.45, 7) is 7.47. The third-order valence-electron chi connectivity index (χ3n) is 5.18. The predicted octanol–water partition coefficient (Wildman–Crippen LogP) is 4.07. The summed E-state index contributed by atoms with van der Waals surface area (Å²) in [5, 5.41) is 5.84. The van der Waals surface area contributed by atoms with Crippen LogP contribution in [-0.2, 0) is 24.7 Å². The van der Waals surface area contributed by atoms with Crippen LogP contribution < -0.4 is 5.32 Å². The van der Waals surface area contributed by atoms with E-state index in [4.69, 9.17) is 9.47 Å². The summed E-state index contributed by atoms with van der Waals surface area (Å²) >= 11 is 1.44. The van der Waals surface area contributed by atoms with Gasteiger partial charge < -0.3 is 14.8 Å². The Bertz CT molecular complexity index is 920. The number of hydrogen-bond donors (Lipinski definition) is 1. The quantitative estimate of drug-likeness (QED) is 0.633. The second kappa shape index (κ2) is 5.79. The highest BCUT2D eigenvalue weighted by atomic mass is 32.1. The SMILES string of the molecule is Cc1ccc(Nc2nc([C@@]3(C)C[C@]4(CC(C)(C)OC4=O)C(=O)O3)cs2)cc1. The van der Waals surface area contributed by atoms with Crippen molar-refractivity contribution in [3.63, 3.8) is 0 Å². The Kier molecular flexibility index (Phi) is 3.86. The van der Waals surface area contributed by atoms with Gasteiger partial charge in [-0.3, -0.25) is 9.59 Å². The molecule has 7 heteroatoms. The number of nitrogens with zero attached hydrogens (tertiary/aromatic N) is 1. The second-order valence-corrected chi connectivity index (χ2v) is 9.09. The van der Waals surface area contributed by atoms with E-state index >= 15 is 0 Å². The van der Waals surface area contributed by atoms with Gasteiger partial charge in [0.05, 0.1) is 5.69 Å². The Morgan fingerprint density at radius 2 is 1.70 bits per heavy atom. The summed E-state index contributed by atoms with van der Waals surface area (Å²) < 4.78 is 11.1. The van der Waals surface area contributed by atoms with E-state index in [0.717, 1.165) is 5.69 Å². The van der Waals surface area contributed by atoms with Crippen LogP contribution in [0.4, 0.5) is 10.8 Å². The number of hydrogen-bond acceptors (Lipinski definition) is 7. The van der Waals surface area contributed by atoms with Gasteiger partial charge in [-0.1, -0.05) is 17.7 Å². The van der Waals surface area contributed by atoms with Crippen LogP contribution in [0.25, 0.3) is 0 Å². The van der Waals surface area contributed by atoms with Gasteiger partial charge in [-0.05, 0) is 39.8 Å². The van der Waals surface area contributed by atoms with Gasteiger partial charge in [-0.25, -0.2) is 4.98 Å². The molecule has 2 aliphatic heterocycles. The van der Waals surface area contributed by atoms with E-state index in [1.165, 1.54) is 16.9 Å². The standard InChI is InChI=1S/C20H22N2O4S/c1-12-5-7-13(8-6-12)21-17-22-14(9-27-17)19(4)11-20(16(24)26-19)10-18(2,3)25-15(20)23/h5-9H,10-11H2,1-4H3,(H,21,22)/t19-,20+/m1/s1. The average molecular weight is 386 g/mol. The van der Waals surface area contributed by atoms with Crippen molar-refractivity contribution in [2.45, 2.75) is 51.7 Å². The van der Waals surface area contributed by atoms with Gasteiger partial charge >= 0.3 is 11.9 Å².